The monoisotopic (exact) mass is 453 g/mol. The predicted molar refractivity (Wildman–Crippen MR) is 138 cm³/mol. The van der Waals surface area contributed by atoms with E-state index >= 15 is 0 Å². The Morgan fingerprint density at radius 1 is 0.719 bits per heavy atom. The number of amides is 1. The van der Waals surface area contributed by atoms with Crippen LogP contribution in [0, 0.1) is 0 Å². The second-order valence-corrected chi connectivity index (χ2v) is 9.56. The highest BCUT2D eigenvalue weighted by molar-refractivity contribution is 5.73. The van der Waals surface area contributed by atoms with E-state index in [4.69, 9.17) is 0 Å². The van der Waals surface area contributed by atoms with Gasteiger partial charge in [-0.05, 0) is 12.8 Å². The highest BCUT2D eigenvalue weighted by Crippen LogP contribution is 2.15. The number of carbonyl (C=O) groups excluding carboxylic acids is 1. The van der Waals surface area contributed by atoms with Crippen molar-refractivity contribution in [1.82, 2.24) is 5.32 Å². The molecule has 0 spiro atoms. The van der Waals surface area contributed by atoms with Crippen LogP contribution in [0.15, 0.2) is 12.2 Å². The van der Waals surface area contributed by atoms with Gasteiger partial charge >= 0.3 is 0 Å². The summed E-state index contributed by atoms with van der Waals surface area (Å²) in [5.74, 6) is -0.240. The number of hydrogen-bond donors (Lipinski definition) is 3. The van der Waals surface area contributed by atoms with Gasteiger partial charge in [-0.25, -0.2) is 0 Å². The van der Waals surface area contributed by atoms with Gasteiger partial charge in [0.15, 0.2) is 0 Å². The molecule has 0 bridgehead atoms. The maximum atomic E-state index is 11.0. The third-order valence-electron chi connectivity index (χ3n) is 6.31. The van der Waals surface area contributed by atoms with E-state index in [1.54, 1.807) is 6.08 Å². The molecule has 0 aliphatic rings. The van der Waals surface area contributed by atoms with Crippen LogP contribution in [0.4, 0.5) is 0 Å². The molecule has 2 unspecified atom stereocenters. The Morgan fingerprint density at radius 2 is 1.09 bits per heavy atom. The first kappa shape index (κ1) is 31.1. The van der Waals surface area contributed by atoms with Crippen LogP contribution in [-0.2, 0) is 4.79 Å². The second kappa shape index (κ2) is 24.8. The van der Waals surface area contributed by atoms with E-state index in [1.807, 2.05) is 6.08 Å². The lowest BCUT2D eigenvalue weighted by Crippen LogP contribution is -2.44. The Hall–Kier alpha value is -0.870. The number of carbonyl (C=O) groups is 1. The number of allylic oxidation sites excluding steroid dienone is 1. The van der Waals surface area contributed by atoms with E-state index in [0.29, 0.717) is 0 Å². The van der Waals surface area contributed by atoms with Gasteiger partial charge in [0.05, 0.1) is 18.8 Å². The normalized spacial score (nSPS) is 13.5. The average Bonchev–Trinajstić information content (AvgIpc) is 2.78. The van der Waals surface area contributed by atoms with E-state index in [2.05, 4.69) is 12.2 Å². The largest absolute Gasteiger partial charge is 0.394 e. The van der Waals surface area contributed by atoms with Crippen molar-refractivity contribution in [2.45, 2.75) is 154 Å². The fraction of sp³-hybridized carbons (Fsp3) is 0.893. The lowest BCUT2D eigenvalue weighted by Gasteiger charge is -2.18. The number of unbranched alkanes of at least 4 members (excludes halogenated alkanes) is 19. The number of rotatable bonds is 24. The number of aliphatic hydroxyl groups excluding tert-OH is 2. The van der Waals surface area contributed by atoms with Crippen molar-refractivity contribution in [2.75, 3.05) is 6.61 Å². The topological polar surface area (TPSA) is 69.6 Å². The molecule has 0 heterocycles. The third kappa shape index (κ3) is 22.3. The molecule has 0 aliphatic carbocycles. The summed E-state index contributed by atoms with van der Waals surface area (Å²) < 4.78 is 0. The third-order valence-corrected chi connectivity index (χ3v) is 6.31. The van der Waals surface area contributed by atoms with Crippen molar-refractivity contribution in [2.24, 2.45) is 0 Å². The molecule has 2 atom stereocenters. The molecule has 32 heavy (non-hydrogen) atoms. The molecule has 4 nitrogen and oxygen atoms in total. The molecule has 190 valence electrons. The fourth-order valence-electron chi connectivity index (χ4n) is 4.21. The predicted octanol–water partition coefficient (Wildman–Crippen LogP) is 7.22. The van der Waals surface area contributed by atoms with Crippen molar-refractivity contribution >= 4 is 5.91 Å². The van der Waals surface area contributed by atoms with Crippen LogP contribution in [0.1, 0.15) is 142 Å². The molecule has 0 saturated heterocycles. The molecule has 4 heteroatoms. The molecule has 3 N–H and O–H groups in total. The SMILES string of the molecule is CCCCCCCCCCCCCCCCCCCCC/C=C/C(O)C(CO)NC(C)=O. The Labute approximate surface area is 199 Å². The molecule has 0 aromatic rings. The molecule has 0 saturated carbocycles. The van der Waals surface area contributed by atoms with Crippen LogP contribution in [0.2, 0.25) is 0 Å². The smallest absolute Gasteiger partial charge is 0.217 e. The summed E-state index contributed by atoms with van der Waals surface area (Å²) in [4.78, 5) is 11.0. The standard InChI is InChI=1S/C28H55NO3/c1-3-4-5-6-7-8-9-10-11-12-13-14-15-16-17-18-19-20-21-22-23-24-28(32)27(25-30)29-26(2)31/h23-24,27-28,30,32H,3-22,25H2,1-2H3,(H,29,31)/b24-23+. The van der Waals surface area contributed by atoms with Gasteiger partial charge in [0.25, 0.3) is 0 Å². The minimum Gasteiger partial charge on any atom is -0.394 e. The van der Waals surface area contributed by atoms with Crippen molar-refractivity contribution in [1.29, 1.82) is 0 Å². The zero-order chi connectivity index (χ0) is 23.7. The molecule has 0 aromatic heterocycles. The summed E-state index contributed by atoms with van der Waals surface area (Å²) in [7, 11) is 0. The number of nitrogens with one attached hydrogen (secondary N) is 1. The van der Waals surface area contributed by atoms with E-state index in [0.717, 1.165) is 12.8 Å². The van der Waals surface area contributed by atoms with Crippen LogP contribution in [0.3, 0.4) is 0 Å². The maximum absolute atomic E-state index is 11.0. The van der Waals surface area contributed by atoms with Crippen LogP contribution < -0.4 is 5.32 Å². The van der Waals surface area contributed by atoms with E-state index < -0.39 is 12.1 Å². The highest BCUT2D eigenvalue weighted by Gasteiger charge is 2.15. The first-order chi connectivity index (χ1) is 15.6. The highest BCUT2D eigenvalue weighted by atomic mass is 16.3. The van der Waals surface area contributed by atoms with Gasteiger partial charge in [0, 0.05) is 6.92 Å². The summed E-state index contributed by atoms with van der Waals surface area (Å²) in [6.07, 6.45) is 30.0. The molecule has 0 fully saturated rings. The molecule has 0 radical (unpaired) electrons. The van der Waals surface area contributed by atoms with Crippen molar-refractivity contribution < 1.29 is 15.0 Å². The average molecular weight is 454 g/mol. The Kier molecular flexibility index (Phi) is 24.1. The molecule has 1 amide bonds. The maximum Gasteiger partial charge on any atom is 0.217 e. The van der Waals surface area contributed by atoms with Gasteiger partial charge in [-0.2, -0.15) is 0 Å². The summed E-state index contributed by atoms with van der Waals surface area (Å²) in [6.45, 7) is 3.41. The van der Waals surface area contributed by atoms with Gasteiger partial charge < -0.3 is 15.5 Å². The number of hydrogen-bond acceptors (Lipinski definition) is 3. The molecular weight excluding hydrogens is 398 g/mol. The zero-order valence-electron chi connectivity index (χ0n) is 21.5. The first-order valence-electron chi connectivity index (χ1n) is 13.8. The fourth-order valence-corrected chi connectivity index (χ4v) is 4.21. The van der Waals surface area contributed by atoms with Gasteiger partial charge in [-0.3, -0.25) is 4.79 Å². The van der Waals surface area contributed by atoms with Gasteiger partial charge in [0.1, 0.15) is 0 Å². The minimum absolute atomic E-state index is 0.240. The Bertz CT molecular complexity index is 425. The van der Waals surface area contributed by atoms with Crippen LogP contribution in [0.5, 0.6) is 0 Å². The first-order valence-corrected chi connectivity index (χ1v) is 13.8. The number of aliphatic hydroxyl groups is 2. The van der Waals surface area contributed by atoms with E-state index in [1.165, 1.54) is 122 Å². The summed E-state index contributed by atoms with van der Waals surface area (Å²) in [5.41, 5.74) is 0. The van der Waals surface area contributed by atoms with Gasteiger partial charge in [-0.15, -0.1) is 0 Å². The lowest BCUT2D eigenvalue weighted by molar-refractivity contribution is -0.120. The quantitative estimate of drug-likeness (QED) is 0.107. The van der Waals surface area contributed by atoms with Gasteiger partial charge in [0.2, 0.25) is 5.91 Å². The molecule has 0 rings (SSSR count). The van der Waals surface area contributed by atoms with E-state index in [9.17, 15) is 15.0 Å². The Morgan fingerprint density at radius 3 is 1.44 bits per heavy atom. The van der Waals surface area contributed by atoms with Crippen LogP contribution in [-0.4, -0.2) is 34.9 Å². The van der Waals surface area contributed by atoms with Crippen LogP contribution in [0.25, 0.3) is 0 Å². The summed E-state index contributed by atoms with van der Waals surface area (Å²) in [6, 6.07) is -0.617. The molecule has 0 aromatic carbocycles. The summed E-state index contributed by atoms with van der Waals surface area (Å²) >= 11 is 0. The zero-order valence-corrected chi connectivity index (χ0v) is 21.5. The Balaban J connectivity index is 3.29. The van der Waals surface area contributed by atoms with Crippen molar-refractivity contribution in [3.05, 3.63) is 12.2 Å². The molecule has 0 aliphatic heterocycles. The van der Waals surface area contributed by atoms with E-state index in [-0.39, 0.29) is 12.5 Å². The lowest BCUT2D eigenvalue weighted by atomic mass is 10.0. The van der Waals surface area contributed by atoms with Crippen molar-refractivity contribution in [3.63, 3.8) is 0 Å². The van der Waals surface area contributed by atoms with Gasteiger partial charge in [-0.1, -0.05) is 135 Å². The molecular formula is C28H55NO3. The summed E-state index contributed by atoms with van der Waals surface area (Å²) in [5, 5.41) is 21.7. The second-order valence-electron chi connectivity index (χ2n) is 9.56. The minimum atomic E-state index is -0.829. The van der Waals surface area contributed by atoms with Crippen molar-refractivity contribution in [3.8, 4) is 0 Å². The van der Waals surface area contributed by atoms with Crippen LogP contribution >= 0.6 is 0 Å².